The SMILES string of the molecule is CCOC(=O)C1CCN(C(=O)Cn2ccc(N)n2)CC1. The number of amides is 1. The van der Waals surface area contributed by atoms with E-state index >= 15 is 0 Å². The Kier molecular flexibility index (Phi) is 4.60. The molecule has 0 aromatic carbocycles. The number of aromatic nitrogens is 2. The number of esters is 1. The number of hydrogen-bond donors (Lipinski definition) is 1. The molecule has 1 aliphatic rings. The van der Waals surface area contributed by atoms with Crippen LogP contribution in [0.1, 0.15) is 19.8 Å². The molecule has 0 spiro atoms. The zero-order valence-corrected chi connectivity index (χ0v) is 11.6. The fourth-order valence-corrected chi connectivity index (χ4v) is 2.33. The molecule has 2 rings (SSSR count). The number of nitrogen functional groups attached to an aromatic ring is 1. The Morgan fingerprint density at radius 1 is 1.45 bits per heavy atom. The van der Waals surface area contributed by atoms with E-state index in [0.29, 0.717) is 38.4 Å². The summed E-state index contributed by atoms with van der Waals surface area (Å²) in [6, 6.07) is 1.65. The number of hydrogen-bond acceptors (Lipinski definition) is 5. The Balaban J connectivity index is 1.81. The van der Waals surface area contributed by atoms with Crippen molar-refractivity contribution in [2.75, 3.05) is 25.4 Å². The lowest BCUT2D eigenvalue weighted by Gasteiger charge is -2.30. The van der Waals surface area contributed by atoms with Gasteiger partial charge >= 0.3 is 5.97 Å². The summed E-state index contributed by atoms with van der Waals surface area (Å²) >= 11 is 0. The second kappa shape index (κ2) is 6.40. The Hall–Kier alpha value is -2.05. The Labute approximate surface area is 117 Å². The third-order valence-electron chi connectivity index (χ3n) is 3.43. The number of likely N-dealkylation sites (tertiary alicyclic amines) is 1. The van der Waals surface area contributed by atoms with Gasteiger partial charge < -0.3 is 15.4 Å². The normalized spacial score (nSPS) is 16.1. The highest BCUT2D eigenvalue weighted by molar-refractivity contribution is 5.77. The highest BCUT2D eigenvalue weighted by atomic mass is 16.5. The number of nitrogens with zero attached hydrogens (tertiary/aromatic N) is 3. The van der Waals surface area contributed by atoms with Gasteiger partial charge in [0.25, 0.3) is 0 Å². The van der Waals surface area contributed by atoms with Gasteiger partial charge in [-0.15, -0.1) is 0 Å². The summed E-state index contributed by atoms with van der Waals surface area (Å²) in [6.45, 7) is 3.55. The molecule has 0 unspecified atom stereocenters. The highest BCUT2D eigenvalue weighted by Crippen LogP contribution is 2.19. The van der Waals surface area contributed by atoms with Crippen molar-refractivity contribution in [3.05, 3.63) is 12.3 Å². The molecule has 0 atom stereocenters. The monoisotopic (exact) mass is 280 g/mol. The van der Waals surface area contributed by atoms with Crippen LogP contribution < -0.4 is 5.73 Å². The minimum Gasteiger partial charge on any atom is -0.466 e. The van der Waals surface area contributed by atoms with Crippen LogP contribution in [0.3, 0.4) is 0 Å². The van der Waals surface area contributed by atoms with Crippen molar-refractivity contribution in [1.29, 1.82) is 0 Å². The van der Waals surface area contributed by atoms with E-state index < -0.39 is 0 Å². The molecule has 1 amide bonds. The van der Waals surface area contributed by atoms with Gasteiger partial charge in [-0.25, -0.2) is 0 Å². The summed E-state index contributed by atoms with van der Waals surface area (Å²) in [5.74, 6) is 0.160. The first-order valence-electron chi connectivity index (χ1n) is 6.83. The van der Waals surface area contributed by atoms with Crippen LogP contribution in [-0.2, 0) is 20.9 Å². The molecule has 0 saturated carbocycles. The molecule has 2 N–H and O–H groups in total. The molecular weight excluding hydrogens is 260 g/mol. The fraction of sp³-hybridized carbons (Fsp3) is 0.615. The van der Waals surface area contributed by atoms with Gasteiger partial charge in [-0.1, -0.05) is 0 Å². The maximum Gasteiger partial charge on any atom is 0.309 e. The van der Waals surface area contributed by atoms with E-state index in [4.69, 9.17) is 10.5 Å². The standard InChI is InChI=1S/C13H20N4O3/c1-2-20-13(19)10-3-6-16(7-4-10)12(18)9-17-8-5-11(14)15-17/h5,8,10H,2-4,6-7,9H2,1H3,(H2,14,15). The third-order valence-corrected chi connectivity index (χ3v) is 3.43. The maximum atomic E-state index is 12.1. The molecule has 20 heavy (non-hydrogen) atoms. The van der Waals surface area contributed by atoms with Crippen LogP contribution in [0.2, 0.25) is 0 Å². The topological polar surface area (TPSA) is 90.5 Å². The lowest BCUT2D eigenvalue weighted by Crippen LogP contribution is -2.42. The van der Waals surface area contributed by atoms with Gasteiger partial charge in [0.2, 0.25) is 5.91 Å². The van der Waals surface area contributed by atoms with Gasteiger partial charge in [0.05, 0.1) is 12.5 Å². The van der Waals surface area contributed by atoms with E-state index in [2.05, 4.69) is 5.10 Å². The van der Waals surface area contributed by atoms with Crippen LogP contribution in [0.5, 0.6) is 0 Å². The number of rotatable bonds is 4. The second-order valence-corrected chi connectivity index (χ2v) is 4.85. The van der Waals surface area contributed by atoms with E-state index in [9.17, 15) is 9.59 Å². The largest absolute Gasteiger partial charge is 0.466 e. The number of piperidine rings is 1. The molecule has 2 heterocycles. The highest BCUT2D eigenvalue weighted by Gasteiger charge is 2.28. The average Bonchev–Trinajstić information content (AvgIpc) is 2.84. The molecular formula is C13H20N4O3. The molecule has 1 aromatic rings. The van der Waals surface area contributed by atoms with Crippen molar-refractivity contribution in [3.8, 4) is 0 Å². The summed E-state index contributed by atoms with van der Waals surface area (Å²) in [4.78, 5) is 25.5. The van der Waals surface area contributed by atoms with Crippen LogP contribution in [0.25, 0.3) is 0 Å². The van der Waals surface area contributed by atoms with Crippen molar-refractivity contribution >= 4 is 17.7 Å². The number of carbonyl (C=O) groups excluding carboxylic acids is 2. The van der Waals surface area contributed by atoms with Crippen molar-refractivity contribution in [1.82, 2.24) is 14.7 Å². The summed E-state index contributed by atoms with van der Waals surface area (Å²) in [7, 11) is 0. The minimum absolute atomic E-state index is 0.00425. The predicted octanol–water partition coefficient (Wildman–Crippen LogP) is 0.267. The van der Waals surface area contributed by atoms with Crippen LogP contribution in [0, 0.1) is 5.92 Å². The van der Waals surface area contributed by atoms with Gasteiger partial charge in [-0.05, 0) is 25.8 Å². The molecule has 1 fully saturated rings. The average molecular weight is 280 g/mol. The molecule has 0 radical (unpaired) electrons. The van der Waals surface area contributed by atoms with Gasteiger partial charge in [0.15, 0.2) is 0 Å². The Bertz CT molecular complexity index is 478. The Morgan fingerprint density at radius 3 is 2.70 bits per heavy atom. The molecule has 7 nitrogen and oxygen atoms in total. The van der Waals surface area contributed by atoms with Crippen LogP contribution in [-0.4, -0.2) is 46.3 Å². The summed E-state index contributed by atoms with van der Waals surface area (Å²) < 4.78 is 6.53. The van der Waals surface area contributed by atoms with Crippen molar-refractivity contribution in [3.63, 3.8) is 0 Å². The van der Waals surface area contributed by atoms with Crippen LogP contribution >= 0.6 is 0 Å². The van der Waals surface area contributed by atoms with E-state index in [-0.39, 0.29) is 24.3 Å². The molecule has 110 valence electrons. The lowest BCUT2D eigenvalue weighted by atomic mass is 9.97. The van der Waals surface area contributed by atoms with Crippen molar-refractivity contribution in [2.45, 2.75) is 26.3 Å². The zero-order valence-electron chi connectivity index (χ0n) is 11.6. The first-order chi connectivity index (χ1) is 9.60. The molecule has 0 aliphatic carbocycles. The van der Waals surface area contributed by atoms with Gasteiger partial charge in [0, 0.05) is 19.3 Å². The molecule has 0 bridgehead atoms. The lowest BCUT2D eigenvalue weighted by molar-refractivity contribution is -0.151. The number of nitrogens with two attached hydrogens (primary N) is 1. The molecule has 1 aromatic heterocycles. The Morgan fingerprint density at radius 2 is 2.15 bits per heavy atom. The smallest absolute Gasteiger partial charge is 0.309 e. The van der Waals surface area contributed by atoms with Crippen LogP contribution in [0.4, 0.5) is 5.82 Å². The van der Waals surface area contributed by atoms with E-state index in [1.165, 1.54) is 4.68 Å². The predicted molar refractivity (Wildman–Crippen MR) is 72.6 cm³/mol. The third kappa shape index (κ3) is 3.49. The van der Waals surface area contributed by atoms with Crippen molar-refractivity contribution in [2.24, 2.45) is 5.92 Å². The maximum absolute atomic E-state index is 12.1. The number of ether oxygens (including phenoxy) is 1. The van der Waals surface area contributed by atoms with Gasteiger partial charge in [0.1, 0.15) is 12.4 Å². The van der Waals surface area contributed by atoms with Crippen LogP contribution in [0.15, 0.2) is 12.3 Å². The van der Waals surface area contributed by atoms with E-state index in [1.54, 1.807) is 24.1 Å². The number of carbonyl (C=O) groups is 2. The number of anilines is 1. The second-order valence-electron chi connectivity index (χ2n) is 4.85. The quantitative estimate of drug-likeness (QED) is 0.799. The fourth-order valence-electron chi connectivity index (χ4n) is 2.33. The minimum atomic E-state index is -0.153. The molecule has 1 saturated heterocycles. The summed E-state index contributed by atoms with van der Waals surface area (Å²) in [5.41, 5.74) is 5.50. The zero-order chi connectivity index (χ0) is 14.5. The summed E-state index contributed by atoms with van der Waals surface area (Å²) in [6.07, 6.45) is 3.00. The van der Waals surface area contributed by atoms with Crippen molar-refractivity contribution < 1.29 is 14.3 Å². The first-order valence-corrected chi connectivity index (χ1v) is 6.83. The molecule has 1 aliphatic heterocycles. The summed E-state index contributed by atoms with van der Waals surface area (Å²) in [5, 5.41) is 3.99. The van der Waals surface area contributed by atoms with E-state index in [0.717, 1.165) is 0 Å². The molecule has 7 heteroatoms. The van der Waals surface area contributed by atoms with E-state index in [1.807, 2.05) is 0 Å². The van der Waals surface area contributed by atoms with Gasteiger partial charge in [-0.3, -0.25) is 14.3 Å². The van der Waals surface area contributed by atoms with Gasteiger partial charge in [-0.2, -0.15) is 5.10 Å². The first kappa shape index (κ1) is 14.4.